The Labute approximate surface area is 176 Å². The first kappa shape index (κ1) is 20.9. The fourth-order valence-electron chi connectivity index (χ4n) is 2.50. The van der Waals surface area contributed by atoms with E-state index in [9.17, 15) is 4.79 Å². The number of carbonyl (C=O) groups is 1. The van der Waals surface area contributed by atoms with E-state index in [2.05, 4.69) is 15.5 Å². The molecule has 0 spiro atoms. The molecule has 0 fully saturated rings. The Hall–Kier alpha value is -2.78. The van der Waals surface area contributed by atoms with Gasteiger partial charge in [-0.25, -0.2) is 0 Å². The van der Waals surface area contributed by atoms with Crippen LogP contribution in [0.4, 0.5) is 6.01 Å². The monoisotopic (exact) mass is 437 g/mol. The molecule has 29 heavy (non-hydrogen) atoms. The second-order valence-corrected chi connectivity index (χ2v) is 7.29. The second kappa shape index (κ2) is 9.62. The summed E-state index contributed by atoms with van der Waals surface area (Å²) in [6, 6.07) is 6.70. The van der Waals surface area contributed by atoms with Crippen LogP contribution in [0, 0.1) is 0 Å². The summed E-state index contributed by atoms with van der Waals surface area (Å²) in [4.78, 5) is 12.7. The number of hydrogen-bond acceptors (Lipinski definition) is 8. The van der Waals surface area contributed by atoms with E-state index < -0.39 is 0 Å². The van der Waals surface area contributed by atoms with Gasteiger partial charge in [0.15, 0.2) is 11.5 Å². The average Bonchev–Trinajstić information content (AvgIpc) is 3.33. The molecule has 0 saturated heterocycles. The summed E-state index contributed by atoms with van der Waals surface area (Å²) >= 11 is 7.02. The Balaban J connectivity index is 1.89. The topological polar surface area (TPSA) is 95.7 Å². The highest BCUT2D eigenvalue weighted by molar-refractivity contribution is 7.18. The molecule has 1 N–H and O–H groups in total. The molecule has 0 atom stereocenters. The maximum absolute atomic E-state index is 12.2. The van der Waals surface area contributed by atoms with E-state index in [-0.39, 0.29) is 17.8 Å². The number of carbonyl (C=O) groups excluding carboxylic acids is 1. The molecule has 0 aliphatic rings. The van der Waals surface area contributed by atoms with E-state index in [0.29, 0.717) is 51.8 Å². The van der Waals surface area contributed by atoms with Crippen LogP contribution in [0.1, 0.15) is 30.4 Å². The van der Waals surface area contributed by atoms with Gasteiger partial charge in [-0.2, -0.15) is 0 Å². The number of nitrogens with one attached hydrogen (secondary N) is 1. The van der Waals surface area contributed by atoms with Crippen molar-refractivity contribution in [2.24, 2.45) is 0 Å². The molecule has 0 bridgehead atoms. The molecule has 0 saturated carbocycles. The van der Waals surface area contributed by atoms with Crippen molar-refractivity contribution in [1.82, 2.24) is 10.2 Å². The number of aromatic nitrogens is 2. The number of thiophene rings is 1. The number of ether oxygens (including phenoxy) is 3. The van der Waals surface area contributed by atoms with Crippen LogP contribution >= 0.6 is 22.9 Å². The van der Waals surface area contributed by atoms with Gasteiger partial charge in [0.25, 0.3) is 5.91 Å². The van der Waals surface area contributed by atoms with Gasteiger partial charge in [-0.3, -0.25) is 10.1 Å². The van der Waals surface area contributed by atoms with Crippen molar-refractivity contribution in [3.8, 4) is 28.7 Å². The number of hydrogen-bond donors (Lipinski definition) is 1. The highest BCUT2D eigenvalue weighted by Gasteiger charge is 2.20. The van der Waals surface area contributed by atoms with E-state index in [1.54, 1.807) is 24.3 Å². The van der Waals surface area contributed by atoms with Gasteiger partial charge in [0.2, 0.25) is 11.6 Å². The van der Waals surface area contributed by atoms with E-state index in [0.717, 1.165) is 11.3 Å². The van der Waals surface area contributed by atoms with Gasteiger partial charge in [-0.05, 0) is 45.0 Å². The molecular formula is C19H20ClN3O5S. The third-order valence-electron chi connectivity index (χ3n) is 3.60. The van der Waals surface area contributed by atoms with Gasteiger partial charge in [-0.1, -0.05) is 16.7 Å². The molecule has 3 aromatic rings. The van der Waals surface area contributed by atoms with E-state index in [1.807, 2.05) is 20.8 Å². The number of nitrogens with zero attached hydrogens (tertiary/aromatic N) is 2. The largest absolute Gasteiger partial charge is 0.490 e. The van der Waals surface area contributed by atoms with E-state index in [1.165, 1.54) is 0 Å². The Kier molecular flexibility index (Phi) is 6.95. The first-order valence-corrected chi connectivity index (χ1v) is 10.2. The minimum absolute atomic E-state index is 0.0284. The van der Waals surface area contributed by atoms with Crippen molar-refractivity contribution in [3.05, 3.63) is 33.5 Å². The number of rotatable bonds is 9. The van der Waals surface area contributed by atoms with Gasteiger partial charge in [0.05, 0.1) is 29.0 Å². The lowest BCUT2D eigenvalue weighted by Crippen LogP contribution is -2.10. The maximum Gasteiger partial charge on any atom is 0.322 e. The summed E-state index contributed by atoms with van der Waals surface area (Å²) in [7, 11) is 0. The highest BCUT2D eigenvalue weighted by atomic mass is 35.5. The second-order valence-electron chi connectivity index (χ2n) is 5.57. The van der Waals surface area contributed by atoms with Crippen molar-refractivity contribution in [1.29, 1.82) is 0 Å². The molecule has 154 valence electrons. The smallest absolute Gasteiger partial charge is 0.322 e. The average molecular weight is 438 g/mol. The molecule has 10 heteroatoms. The summed E-state index contributed by atoms with van der Waals surface area (Å²) in [6.07, 6.45) is 0. The van der Waals surface area contributed by atoms with Crippen LogP contribution in [-0.2, 0) is 0 Å². The molecule has 0 unspecified atom stereocenters. The normalized spacial score (nSPS) is 10.6. The van der Waals surface area contributed by atoms with Gasteiger partial charge in [0, 0.05) is 5.56 Å². The third-order valence-corrected chi connectivity index (χ3v) is 4.83. The first-order chi connectivity index (χ1) is 14.0. The first-order valence-electron chi connectivity index (χ1n) is 9.02. The van der Waals surface area contributed by atoms with Crippen molar-refractivity contribution in [3.63, 3.8) is 0 Å². The predicted octanol–water partition coefficient (Wildman–Crippen LogP) is 4.90. The van der Waals surface area contributed by atoms with Crippen LogP contribution in [-0.4, -0.2) is 35.9 Å². The summed E-state index contributed by atoms with van der Waals surface area (Å²) in [5.41, 5.74) is 0.576. The zero-order valence-corrected chi connectivity index (χ0v) is 17.7. The highest BCUT2D eigenvalue weighted by Crippen LogP contribution is 2.41. The van der Waals surface area contributed by atoms with Crippen LogP contribution < -0.4 is 19.5 Å². The quantitative estimate of drug-likeness (QED) is 0.508. The summed E-state index contributed by atoms with van der Waals surface area (Å²) in [5, 5.41) is 10.5. The summed E-state index contributed by atoms with van der Waals surface area (Å²) < 4.78 is 23.2. The zero-order valence-electron chi connectivity index (χ0n) is 16.2. The summed E-state index contributed by atoms with van der Waals surface area (Å²) in [6.45, 7) is 6.99. The van der Waals surface area contributed by atoms with Crippen LogP contribution in [0.25, 0.3) is 11.5 Å². The van der Waals surface area contributed by atoms with Gasteiger partial charge < -0.3 is 18.6 Å². The molecule has 1 aromatic carbocycles. The molecule has 2 heterocycles. The number of halogens is 1. The van der Waals surface area contributed by atoms with Gasteiger partial charge in [0.1, 0.15) is 0 Å². The van der Waals surface area contributed by atoms with Crippen molar-refractivity contribution >= 4 is 34.9 Å². The molecular weight excluding hydrogens is 418 g/mol. The lowest BCUT2D eigenvalue weighted by atomic mass is 10.2. The van der Waals surface area contributed by atoms with Crippen molar-refractivity contribution < 1.29 is 23.4 Å². The fourth-order valence-corrected chi connectivity index (χ4v) is 3.44. The molecule has 0 aliphatic heterocycles. The Morgan fingerprint density at radius 1 is 1.07 bits per heavy atom. The van der Waals surface area contributed by atoms with E-state index >= 15 is 0 Å². The maximum atomic E-state index is 12.2. The molecule has 1 amide bonds. The molecule has 8 nitrogen and oxygen atoms in total. The lowest BCUT2D eigenvalue weighted by Gasteiger charge is -2.16. The molecule has 0 aliphatic carbocycles. The fraction of sp³-hybridized carbons (Fsp3) is 0.316. The summed E-state index contributed by atoms with van der Waals surface area (Å²) in [5.74, 6) is 1.35. The third kappa shape index (κ3) is 4.99. The number of amides is 1. The van der Waals surface area contributed by atoms with Gasteiger partial charge in [-0.15, -0.1) is 16.4 Å². The molecule has 3 rings (SSSR count). The van der Waals surface area contributed by atoms with Crippen LogP contribution in [0.3, 0.4) is 0 Å². The molecule has 2 aromatic heterocycles. The number of anilines is 1. The van der Waals surface area contributed by atoms with Crippen molar-refractivity contribution in [2.45, 2.75) is 20.8 Å². The van der Waals surface area contributed by atoms with Crippen molar-refractivity contribution in [2.75, 3.05) is 25.1 Å². The minimum Gasteiger partial charge on any atom is -0.490 e. The van der Waals surface area contributed by atoms with Crippen LogP contribution in [0.15, 0.2) is 28.7 Å². The van der Waals surface area contributed by atoms with Gasteiger partial charge >= 0.3 is 6.01 Å². The lowest BCUT2D eigenvalue weighted by molar-refractivity contribution is 0.102. The Bertz CT molecular complexity index is 961. The van der Waals surface area contributed by atoms with E-state index in [4.69, 9.17) is 30.2 Å². The Morgan fingerprint density at radius 2 is 1.72 bits per heavy atom. The number of benzene rings is 1. The zero-order chi connectivity index (χ0) is 20.8. The Morgan fingerprint density at radius 3 is 2.28 bits per heavy atom. The predicted molar refractivity (Wildman–Crippen MR) is 111 cm³/mol. The standard InChI is InChI=1S/C19H20ClN3O5S/c1-4-25-12-9-11(10-13(26-5-2)16(12)27-6-3)18-22-23-19(28-18)21-17(24)14-7-8-15(20)29-14/h7-10H,4-6H2,1-3H3,(H,21,23,24). The minimum atomic E-state index is -0.381. The van der Waals surface area contributed by atoms with Crippen LogP contribution in [0.2, 0.25) is 4.34 Å². The SMILES string of the molecule is CCOc1cc(-c2nnc(NC(=O)c3ccc(Cl)s3)o2)cc(OCC)c1OCC. The van der Waals surface area contributed by atoms with Crippen LogP contribution in [0.5, 0.6) is 17.2 Å². The molecule has 0 radical (unpaired) electrons.